The Morgan fingerprint density at radius 2 is 2.00 bits per heavy atom. The Hall–Kier alpha value is -1.30. The van der Waals surface area contributed by atoms with E-state index < -0.39 is 15.1 Å². The summed E-state index contributed by atoms with van der Waals surface area (Å²) in [7, 11) is -1.42. The Morgan fingerprint density at radius 3 is 2.55 bits per heavy atom. The highest BCUT2D eigenvalue weighted by atomic mass is 32.2. The maximum absolute atomic E-state index is 12.5. The van der Waals surface area contributed by atoms with Gasteiger partial charge in [-0.1, -0.05) is 12.8 Å². The van der Waals surface area contributed by atoms with Gasteiger partial charge in [0.05, 0.1) is 10.8 Å². The van der Waals surface area contributed by atoms with Crippen LogP contribution in [0.3, 0.4) is 0 Å². The topological polar surface area (TPSA) is 70.2 Å². The van der Waals surface area contributed by atoms with E-state index in [0.29, 0.717) is 12.0 Å². The lowest BCUT2D eigenvalue weighted by Crippen LogP contribution is -2.49. The van der Waals surface area contributed by atoms with Crippen molar-refractivity contribution in [2.75, 3.05) is 13.3 Å². The molecule has 1 aromatic heterocycles. The van der Waals surface area contributed by atoms with E-state index in [1.807, 2.05) is 6.92 Å². The largest absolute Gasteiger partial charge is 0.365 e. The number of H-pyrrole nitrogens is 1. The van der Waals surface area contributed by atoms with Crippen LogP contribution in [0.1, 0.15) is 41.7 Å². The molecule has 2 atom stereocenters. The van der Waals surface area contributed by atoms with E-state index in [4.69, 9.17) is 0 Å². The van der Waals surface area contributed by atoms with Gasteiger partial charge in [-0.3, -0.25) is 4.79 Å². The zero-order valence-corrected chi connectivity index (χ0v) is 13.0. The standard InChI is InChI=1S/C14H22N2O3S/c1-10-11(8-9-15-10)14(17)16(2)12-6-4-5-7-13(12)20(3,18)19/h8-9,12-13,15H,4-7H2,1-3H3/t12-,13-/m0/s1. The first kappa shape index (κ1) is 15.1. The summed E-state index contributed by atoms with van der Waals surface area (Å²) in [6, 6.07) is 1.52. The lowest BCUT2D eigenvalue weighted by Gasteiger charge is -2.37. The van der Waals surface area contributed by atoms with Gasteiger partial charge in [0.1, 0.15) is 0 Å². The maximum atomic E-state index is 12.5. The van der Waals surface area contributed by atoms with Gasteiger partial charge in [0, 0.05) is 31.2 Å². The highest BCUT2D eigenvalue weighted by molar-refractivity contribution is 7.91. The van der Waals surface area contributed by atoms with Gasteiger partial charge in [-0.05, 0) is 25.8 Å². The van der Waals surface area contributed by atoms with Crippen molar-refractivity contribution in [1.82, 2.24) is 9.88 Å². The number of carbonyl (C=O) groups is 1. The minimum atomic E-state index is -3.13. The first-order chi connectivity index (χ1) is 9.32. The summed E-state index contributed by atoms with van der Waals surface area (Å²) in [6.07, 6.45) is 6.29. The molecule has 2 rings (SSSR count). The molecule has 1 amide bonds. The van der Waals surface area contributed by atoms with E-state index >= 15 is 0 Å². The molecule has 0 aliphatic heterocycles. The van der Waals surface area contributed by atoms with Crippen molar-refractivity contribution in [3.8, 4) is 0 Å². The fourth-order valence-corrected chi connectivity index (χ4v) is 4.53. The molecular formula is C14H22N2O3S. The zero-order chi connectivity index (χ0) is 14.9. The van der Waals surface area contributed by atoms with E-state index in [1.54, 1.807) is 24.2 Å². The van der Waals surface area contributed by atoms with Gasteiger partial charge >= 0.3 is 0 Å². The summed E-state index contributed by atoms with van der Waals surface area (Å²) in [6.45, 7) is 1.84. The molecular weight excluding hydrogens is 276 g/mol. The van der Waals surface area contributed by atoms with Crippen molar-refractivity contribution in [3.63, 3.8) is 0 Å². The Labute approximate surface area is 120 Å². The molecule has 1 aromatic rings. The number of hydrogen-bond acceptors (Lipinski definition) is 3. The number of aryl methyl sites for hydroxylation is 1. The molecule has 6 heteroatoms. The molecule has 0 spiro atoms. The first-order valence-corrected chi connectivity index (χ1v) is 8.88. The minimum Gasteiger partial charge on any atom is -0.365 e. The Bertz CT molecular complexity index is 591. The highest BCUT2D eigenvalue weighted by Gasteiger charge is 2.37. The van der Waals surface area contributed by atoms with E-state index in [2.05, 4.69) is 4.98 Å². The molecule has 0 saturated heterocycles. The summed E-state index contributed by atoms with van der Waals surface area (Å²) >= 11 is 0. The monoisotopic (exact) mass is 298 g/mol. The molecule has 1 saturated carbocycles. The van der Waals surface area contributed by atoms with Gasteiger partial charge in [-0.15, -0.1) is 0 Å². The quantitative estimate of drug-likeness (QED) is 0.924. The van der Waals surface area contributed by atoms with Crippen molar-refractivity contribution >= 4 is 15.7 Å². The lowest BCUT2D eigenvalue weighted by molar-refractivity contribution is 0.0700. The molecule has 1 N–H and O–H groups in total. The van der Waals surface area contributed by atoms with Gasteiger partial charge in [0.25, 0.3) is 5.91 Å². The van der Waals surface area contributed by atoms with Gasteiger partial charge in [0.2, 0.25) is 0 Å². The van der Waals surface area contributed by atoms with E-state index in [9.17, 15) is 13.2 Å². The number of carbonyl (C=O) groups excluding carboxylic acids is 1. The average molecular weight is 298 g/mol. The summed E-state index contributed by atoms with van der Waals surface area (Å²) < 4.78 is 23.9. The van der Waals surface area contributed by atoms with Crippen molar-refractivity contribution in [3.05, 3.63) is 23.5 Å². The van der Waals surface area contributed by atoms with Crippen molar-refractivity contribution in [1.29, 1.82) is 0 Å². The fourth-order valence-electron chi connectivity index (χ4n) is 3.04. The molecule has 0 aromatic carbocycles. The van der Waals surface area contributed by atoms with Crippen LogP contribution in [0.15, 0.2) is 12.3 Å². The van der Waals surface area contributed by atoms with Crippen LogP contribution in [0, 0.1) is 6.92 Å². The van der Waals surface area contributed by atoms with E-state index in [1.165, 1.54) is 6.26 Å². The molecule has 1 fully saturated rings. The maximum Gasteiger partial charge on any atom is 0.255 e. The molecule has 1 aliphatic rings. The Balaban J connectivity index is 2.24. The predicted molar refractivity (Wildman–Crippen MR) is 78.5 cm³/mol. The number of sulfone groups is 1. The van der Waals surface area contributed by atoms with Crippen LogP contribution in [0.4, 0.5) is 0 Å². The second kappa shape index (κ2) is 5.60. The second-order valence-corrected chi connectivity index (χ2v) is 7.92. The second-order valence-electron chi connectivity index (χ2n) is 5.65. The Kier molecular flexibility index (Phi) is 4.22. The van der Waals surface area contributed by atoms with E-state index in [0.717, 1.165) is 25.0 Å². The average Bonchev–Trinajstić information content (AvgIpc) is 2.82. The molecule has 0 bridgehead atoms. The van der Waals surface area contributed by atoms with E-state index in [-0.39, 0.29) is 11.9 Å². The third-order valence-electron chi connectivity index (χ3n) is 4.22. The lowest BCUT2D eigenvalue weighted by atomic mass is 9.93. The SMILES string of the molecule is Cc1[nH]ccc1C(=O)N(C)[C@H]1CCCC[C@@H]1S(C)(=O)=O. The minimum absolute atomic E-state index is 0.107. The molecule has 0 unspecified atom stereocenters. The number of aromatic nitrogens is 1. The van der Waals surface area contributed by atoms with Crippen LogP contribution >= 0.6 is 0 Å². The van der Waals surface area contributed by atoms with Crippen molar-refractivity contribution < 1.29 is 13.2 Å². The first-order valence-electron chi connectivity index (χ1n) is 6.92. The normalized spacial score (nSPS) is 23.6. The number of amides is 1. The van der Waals surface area contributed by atoms with Crippen molar-refractivity contribution in [2.24, 2.45) is 0 Å². The Morgan fingerprint density at radius 1 is 1.35 bits per heavy atom. The predicted octanol–water partition coefficient (Wildman–Crippen LogP) is 1.75. The van der Waals surface area contributed by atoms with Crippen LogP contribution in [-0.2, 0) is 9.84 Å². The summed E-state index contributed by atoms with van der Waals surface area (Å²) in [5, 5.41) is -0.440. The highest BCUT2D eigenvalue weighted by Crippen LogP contribution is 2.28. The van der Waals surface area contributed by atoms with Gasteiger partial charge in [0.15, 0.2) is 9.84 Å². The number of nitrogens with one attached hydrogen (secondary N) is 1. The molecule has 1 aliphatic carbocycles. The molecule has 112 valence electrons. The van der Waals surface area contributed by atoms with Crippen LogP contribution < -0.4 is 0 Å². The van der Waals surface area contributed by atoms with Gasteiger partial charge in [-0.25, -0.2) is 8.42 Å². The van der Waals surface area contributed by atoms with Gasteiger partial charge < -0.3 is 9.88 Å². The zero-order valence-electron chi connectivity index (χ0n) is 12.2. The van der Waals surface area contributed by atoms with Crippen LogP contribution in [0.2, 0.25) is 0 Å². The van der Waals surface area contributed by atoms with Crippen LogP contribution in [0.25, 0.3) is 0 Å². The molecule has 5 nitrogen and oxygen atoms in total. The smallest absolute Gasteiger partial charge is 0.255 e. The van der Waals surface area contributed by atoms with Crippen LogP contribution in [-0.4, -0.2) is 48.8 Å². The molecule has 20 heavy (non-hydrogen) atoms. The molecule has 1 heterocycles. The number of hydrogen-bond donors (Lipinski definition) is 1. The molecule has 0 radical (unpaired) electrons. The fraction of sp³-hybridized carbons (Fsp3) is 0.643. The third-order valence-corrected chi connectivity index (χ3v) is 5.87. The number of aromatic amines is 1. The van der Waals surface area contributed by atoms with Gasteiger partial charge in [-0.2, -0.15) is 0 Å². The summed E-state index contributed by atoms with van der Waals surface area (Å²) in [5.74, 6) is -0.107. The van der Waals surface area contributed by atoms with Crippen molar-refractivity contribution in [2.45, 2.75) is 43.9 Å². The summed E-state index contributed by atoms with van der Waals surface area (Å²) in [4.78, 5) is 17.1. The number of rotatable bonds is 3. The van der Waals surface area contributed by atoms with Crippen LogP contribution in [0.5, 0.6) is 0 Å². The number of nitrogens with zero attached hydrogens (tertiary/aromatic N) is 1. The summed E-state index contributed by atoms with van der Waals surface area (Å²) in [5.41, 5.74) is 1.43. The third kappa shape index (κ3) is 2.90.